The molecule has 102 valence electrons. The van der Waals surface area contributed by atoms with Gasteiger partial charge in [0.25, 0.3) is 0 Å². The highest BCUT2D eigenvalue weighted by Crippen LogP contribution is 2.24. The Bertz CT molecular complexity index is 555. The molecule has 0 saturated carbocycles. The molecule has 0 aliphatic carbocycles. The smallest absolute Gasteiger partial charge is 0.0994 e. The van der Waals surface area contributed by atoms with Crippen molar-refractivity contribution >= 4 is 5.69 Å². The van der Waals surface area contributed by atoms with E-state index in [1.165, 1.54) is 5.69 Å². The molecule has 1 N–H and O–H groups in total. The molecule has 1 heterocycles. The molecule has 4 nitrogen and oxygen atoms in total. The molecule has 0 aliphatic rings. The Kier molecular flexibility index (Phi) is 3.62. The molecule has 1 aromatic carbocycles. The van der Waals surface area contributed by atoms with Crippen LogP contribution in [0.3, 0.4) is 0 Å². The van der Waals surface area contributed by atoms with Crippen LogP contribution in [0.15, 0.2) is 36.8 Å². The molecule has 0 unspecified atom stereocenters. The van der Waals surface area contributed by atoms with Crippen LogP contribution in [0.5, 0.6) is 0 Å². The fourth-order valence-electron chi connectivity index (χ4n) is 2.01. The first-order valence-electron chi connectivity index (χ1n) is 6.45. The first-order chi connectivity index (χ1) is 8.95. The zero-order chi connectivity index (χ0) is 14.0. The van der Waals surface area contributed by atoms with E-state index in [4.69, 9.17) is 0 Å². The van der Waals surface area contributed by atoms with Gasteiger partial charge in [-0.2, -0.15) is 0 Å². The van der Waals surface area contributed by atoms with Gasteiger partial charge in [0.1, 0.15) is 0 Å². The Balaban J connectivity index is 2.49. The lowest BCUT2D eigenvalue weighted by molar-refractivity contribution is 0.425. The Morgan fingerprint density at radius 3 is 2.63 bits per heavy atom. The average molecular weight is 258 g/mol. The summed E-state index contributed by atoms with van der Waals surface area (Å²) in [5.41, 5.74) is 3.33. The summed E-state index contributed by atoms with van der Waals surface area (Å²) < 4.78 is 2.13. The SMILES string of the molecule is CNC(C)(C)c1cncn1-c1cccc(N(C)C)c1. The van der Waals surface area contributed by atoms with Gasteiger partial charge in [-0.1, -0.05) is 6.07 Å². The van der Waals surface area contributed by atoms with E-state index in [2.05, 4.69) is 57.9 Å². The van der Waals surface area contributed by atoms with Crippen LogP contribution in [-0.4, -0.2) is 30.7 Å². The van der Waals surface area contributed by atoms with Crippen molar-refractivity contribution in [3.05, 3.63) is 42.5 Å². The van der Waals surface area contributed by atoms with Crippen LogP contribution in [-0.2, 0) is 5.54 Å². The molecular weight excluding hydrogens is 236 g/mol. The molecular formula is C15H22N4. The van der Waals surface area contributed by atoms with Gasteiger partial charge in [-0.05, 0) is 39.1 Å². The number of nitrogens with one attached hydrogen (secondary N) is 1. The lowest BCUT2D eigenvalue weighted by atomic mass is 10.0. The van der Waals surface area contributed by atoms with E-state index in [0.717, 1.165) is 11.4 Å². The highest BCUT2D eigenvalue weighted by atomic mass is 15.1. The molecule has 0 aliphatic heterocycles. The molecule has 2 aromatic rings. The number of rotatable bonds is 4. The van der Waals surface area contributed by atoms with Gasteiger partial charge in [-0.25, -0.2) is 4.98 Å². The molecule has 19 heavy (non-hydrogen) atoms. The fourth-order valence-corrected chi connectivity index (χ4v) is 2.01. The minimum atomic E-state index is -0.120. The summed E-state index contributed by atoms with van der Waals surface area (Å²) in [5, 5.41) is 3.32. The van der Waals surface area contributed by atoms with Crippen molar-refractivity contribution in [2.75, 3.05) is 26.0 Å². The van der Waals surface area contributed by atoms with Crippen molar-refractivity contribution in [1.29, 1.82) is 0 Å². The number of nitrogens with zero attached hydrogens (tertiary/aromatic N) is 3. The van der Waals surface area contributed by atoms with Crippen LogP contribution in [0.25, 0.3) is 5.69 Å². The fraction of sp³-hybridized carbons (Fsp3) is 0.400. The summed E-state index contributed by atoms with van der Waals surface area (Å²) in [4.78, 5) is 6.40. The van der Waals surface area contributed by atoms with Gasteiger partial charge in [0.2, 0.25) is 0 Å². The van der Waals surface area contributed by atoms with Crippen molar-refractivity contribution in [1.82, 2.24) is 14.9 Å². The van der Waals surface area contributed by atoms with Crippen LogP contribution >= 0.6 is 0 Å². The molecule has 4 heteroatoms. The summed E-state index contributed by atoms with van der Waals surface area (Å²) in [6.07, 6.45) is 3.78. The monoisotopic (exact) mass is 258 g/mol. The van der Waals surface area contributed by atoms with Crippen LogP contribution in [0.4, 0.5) is 5.69 Å². The van der Waals surface area contributed by atoms with Gasteiger partial charge in [0.15, 0.2) is 0 Å². The van der Waals surface area contributed by atoms with E-state index in [0.29, 0.717) is 0 Å². The third-order valence-corrected chi connectivity index (χ3v) is 3.53. The zero-order valence-corrected chi connectivity index (χ0v) is 12.3. The number of hydrogen-bond acceptors (Lipinski definition) is 3. The largest absolute Gasteiger partial charge is 0.378 e. The standard InChI is InChI=1S/C15H22N4/c1-15(2,16-3)14-10-17-11-19(14)13-8-6-7-12(9-13)18(4)5/h6-11,16H,1-5H3. The van der Waals surface area contributed by atoms with Gasteiger partial charge < -0.3 is 14.8 Å². The summed E-state index contributed by atoms with van der Waals surface area (Å²) in [6, 6.07) is 8.44. The van der Waals surface area contributed by atoms with E-state index in [1.807, 2.05) is 33.7 Å². The quantitative estimate of drug-likeness (QED) is 0.914. The highest BCUT2D eigenvalue weighted by molar-refractivity contribution is 5.52. The molecule has 2 rings (SSSR count). The summed E-state index contributed by atoms with van der Waals surface area (Å²) in [6.45, 7) is 4.30. The van der Waals surface area contributed by atoms with Crippen molar-refractivity contribution in [2.45, 2.75) is 19.4 Å². The Morgan fingerprint density at radius 1 is 1.26 bits per heavy atom. The maximum Gasteiger partial charge on any atom is 0.0994 e. The number of anilines is 1. The van der Waals surface area contributed by atoms with Crippen molar-refractivity contribution in [3.8, 4) is 5.69 Å². The predicted octanol–water partition coefficient (Wildman–Crippen LogP) is 2.39. The molecule has 0 bridgehead atoms. The van der Waals surface area contributed by atoms with Gasteiger partial charge in [0, 0.05) is 25.5 Å². The summed E-state index contributed by atoms with van der Waals surface area (Å²) in [7, 11) is 6.06. The van der Waals surface area contributed by atoms with Crippen molar-refractivity contribution < 1.29 is 0 Å². The Morgan fingerprint density at radius 2 is 2.00 bits per heavy atom. The third kappa shape index (κ3) is 2.63. The van der Waals surface area contributed by atoms with E-state index >= 15 is 0 Å². The molecule has 0 radical (unpaired) electrons. The van der Waals surface area contributed by atoms with Gasteiger partial charge in [-0.15, -0.1) is 0 Å². The number of hydrogen-bond donors (Lipinski definition) is 1. The zero-order valence-electron chi connectivity index (χ0n) is 12.3. The number of imidazole rings is 1. The van der Waals surface area contributed by atoms with Crippen molar-refractivity contribution in [3.63, 3.8) is 0 Å². The van der Waals surface area contributed by atoms with Crippen LogP contribution in [0.2, 0.25) is 0 Å². The second-order valence-corrected chi connectivity index (χ2v) is 5.44. The minimum absolute atomic E-state index is 0.120. The van der Waals surface area contributed by atoms with Gasteiger partial charge in [0.05, 0.1) is 23.8 Å². The van der Waals surface area contributed by atoms with E-state index in [1.54, 1.807) is 0 Å². The van der Waals surface area contributed by atoms with Gasteiger partial charge in [-0.3, -0.25) is 0 Å². The molecule has 0 fully saturated rings. The van der Waals surface area contributed by atoms with E-state index in [-0.39, 0.29) is 5.54 Å². The number of benzene rings is 1. The molecule has 0 atom stereocenters. The minimum Gasteiger partial charge on any atom is -0.378 e. The lowest BCUT2D eigenvalue weighted by Gasteiger charge is -2.25. The topological polar surface area (TPSA) is 33.1 Å². The first kappa shape index (κ1) is 13.6. The molecule has 0 saturated heterocycles. The summed E-state index contributed by atoms with van der Waals surface area (Å²) in [5.74, 6) is 0. The highest BCUT2D eigenvalue weighted by Gasteiger charge is 2.22. The number of aromatic nitrogens is 2. The second kappa shape index (κ2) is 5.05. The lowest BCUT2D eigenvalue weighted by Crippen LogP contribution is -2.35. The molecule has 0 spiro atoms. The van der Waals surface area contributed by atoms with Gasteiger partial charge >= 0.3 is 0 Å². The van der Waals surface area contributed by atoms with E-state index < -0.39 is 0 Å². The van der Waals surface area contributed by atoms with Crippen LogP contribution in [0.1, 0.15) is 19.5 Å². The Hall–Kier alpha value is -1.81. The normalized spacial score (nSPS) is 11.6. The van der Waals surface area contributed by atoms with Crippen LogP contribution in [0, 0.1) is 0 Å². The second-order valence-electron chi connectivity index (χ2n) is 5.44. The van der Waals surface area contributed by atoms with Crippen molar-refractivity contribution in [2.24, 2.45) is 0 Å². The first-order valence-corrected chi connectivity index (χ1v) is 6.45. The Labute approximate surface area is 115 Å². The maximum atomic E-state index is 4.30. The predicted molar refractivity (Wildman–Crippen MR) is 80.0 cm³/mol. The van der Waals surface area contributed by atoms with Crippen LogP contribution < -0.4 is 10.2 Å². The third-order valence-electron chi connectivity index (χ3n) is 3.53. The summed E-state index contributed by atoms with van der Waals surface area (Å²) >= 11 is 0. The maximum absolute atomic E-state index is 4.30. The molecule has 0 amide bonds. The molecule has 1 aromatic heterocycles. The average Bonchev–Trinajstić information content (AvgIpc) is 2.89. The van der Waals surface area contributed by atoms with E-state index in [9.17, 15) is 0 Å².